The van der Waals surface area contributed by atoms with Crippen LogP contribution in [0.15, 0.2) is 34.9 Å². The standard InChI is InChI=1S/C23H25N3O7/c1-29-17-10-13(11-18(30-2)21(17)33-23(28)26-6-8-31-9-7-26)19-14(12-24)22(25)32-16-5-3-4-15(27)20(16)19/h10-11,19H,3-9,25H2,1-2H3/t19-/m1/s1. The highest BCUT2D eigenvalue weighted by atomic mass is 16.6. The molecule has 33 heavy (non-hydrogen) atoms. The van der Waals surface area contributed by atoms with Crippen molar-refractivity contribution >= 4 is 11.9 Å². The predicted octanol–water partition coefficient (Wildman–Crippen LogP) is 2.35. The molecule has 0 aromatic heterocycles. The summed E-state index contributed by atoms with van der Waals surface area (Å²) in [5.74, 6) is 0.162. The number of nitrogens with two attached hydrogens (primary N) is 1. The second-order valence-electron chi connectivity index (χ2n) is 7.76. The van der Waals surface area contributed by atoms with Crippen LogP contribution in [0.2, 0.25) is 0 Å². The summed E-state index contributed by atoms with van der Waals surface area (Å²) in [5, 5.41) is 9.79. The van der Waals surface area contributed by atoms with E-state index in [1.54, 1.807) is 12.1 Å². The molecular weight excluding hydrogens is 430 g/mol. The average Bonchev–Trinajstić information content (AvgIpc) is 2.83. The van der Waals surface area contributed by atoms with Crippen molar-refractivity contribution in [1.29, 1.82) is 5.26 Å². The van der Waals surface area contributed by atoms with Gasteiger partial charge in [0.25, 0.3) is 0 Å². The SMILES string of the molecule is COc1cc([C@@H]2C(C#N)=C(N)OC3=C2C(=O)CCC3)cc(OC)c1OC(=O)N1CCOCC1. The summed E-state index contributed by atoms with van der Waals surface area (Å²) >= 11 is 0. The molecule has 1 aliphatic carbocycles. The summed E-state index contributed by atoms with van der Waals surface area (Å²) in [4.78, 5) is 27.0. The van der Waals surface area contributed by atoms with Crippen LogP contribution in [-0.2, 0) is 14.3 Å². The highest BCUT2D eigenvalue weighted by molar-refractivity contribution is 5.99. The van der Waals surface area contributed by atoms with Crippen LogP contribution in [0.5, 0.6) is 17.2 Å². The molecule has 1 aromatic rings. The molecule has 2 aliphatic heterocycles. The summed E-state index contributed by atoms with van der Waals surface area (Å²) in [6.45, 7) is 1.70. The van der Waals surface area contributed by atoms with E-state index >= 15 is 0 Å². The topological polar surface area (TPSA) is 133 Å². The molecule has 0 radical (unpaired) electrons. The van der Waals surface area contributed by atoms with Gasteiger partial charge in [-0.15, -0.1) is 0 Å². The maximum absolute atomic E-state index is 12.8. The fraction of sp³-hybridized carbons (Fsp3) is 0.435. The molecule has 4 rings (SSSR count). The van der Waals surface area contributed by atoms with E-state index in [0.717, 1.165) is 0 Å². The average molecular weight is 455 g/mol. The van der Waals surface area contributed by atoms with Crippen molar-refractivity contribution in [2.45, 2.75) is 25.2 Å². The van der Waals surface area contributed by atoms with Crippen molar-refractivity contribution < 1.29 is 33.3 Å². The smallest absolute Gasteiger partial charge is 0.415 e. The van der Waals surface area contributed by atoms with Crippen molar-refractivity contribution in [1.82, 2.24) is 4.90 Å². The minimum absolute atomic E-state index is 0.0308. The van der Waals surface area contributed by atoms with E-state index < -0.39 is 12.0 Å². The van der Waals surface area contributed by atoms with E-state index in [9.17, 15) is 14.9 Å². The Balaban J connectivity index is 1.77. The van der Waals surface area contributed by atoms with Crippen LogP contribution in [-0.4, -0.2) is 57.3 Å². The number of rotatable bonds is 4. The number of carbonyl (C=O) groups excluding carboxylic acids is 2. The molecule has 10 nitrogen and oxygen atoms in total. The first-order valence-electron chi connectivity index (χ1n) is 10.6. The Morgan fingerprint density at radius 1 is 1.18 bits per heavy atom. The predicted molar refractivity (Wildman–Crippen MR) is 114 cm³/mol. The number of morpholine rings is 1. The molecule has 3 aliphatic rings. The highest BCUT2D eigenvalue weighted by Crippen LogP contribution is 2.47. The number of ketones is 1. The number of ether oxygens (including phenoxy) is 5. The molecule has 2 N–H and O–H groups in total. The van der Waals surface area contributed by atoms with Gasteiger partial charge in [-0.3, -0.25) is 4.79 Å². The summed E-state index contributed by atoms with van der Waals surface area (Å²) in [7, 11) is 2.86. The third kappa shape index (κ3) is 4.19. The van der Waals surface area contributed by atoms with Crippen LogP contribution >= 0.6 is 0 Å². The van der Waals surface area contributed by atoms with E-state index in [4.69, 9.17) is 29.4 Å². The maximum Gasteiger partial charge on any atom is 0.415 e. The van der Waals surface area contributed by atoms with Gasteiger partial charge in [0.2, 0.25) is 11.6 Å². The highest BCUT2D eigenvalue weighted by Gasteiger charge is 2.39. The number of amides is 1. The van der Waals surface area contributed by atoms with Gasteiger partial charge >= 0.3 is 6.09 Å². The van der Waals surface area contributed by atoms with Crippen LogP contribution < -0.4 is 19.9 Å². The molecule has 0 saturated carbocycles. The van der Waals surface area contributed by atoms with Gasteiger partial charge in [-0.05, 0) is 24.1 Å². The summed E-state index contributed by atoms with van der Waals surface area (Å²) in [6, 6.07) is 5.32. The molecule has 0 bridgehead atoms. The van der Waals surface area contributed by atoms with Crippen molar-refractivity contribution in [2.75, 3.05) is 40.5 Å². The van der Waals surface area contributed by atoms with E-state index in [1.165, 1.54) is 19.1 Å². The van der Waals surface area contributed by atoms with Gasteiger partial charge in [-0.25, -0.2) is 4.79 Å². The lowest BCUT2D eigenvalue weighted by atomic mass is 9.77. The molecule has 1 saturated heterocycles. The second kappa shape index (κ2) is 9.42. The number of Topliss-reactive ketones (excluding diaryl/α,β-unsaturated/α-hetero) is 1. The zero-order valence-electron chi connectivity index (χ0n) is 18.5. The van der Waals surface area contributed by atoms with Crippen LogP contribution in [0.25, 0.3) is 0 Å². The van der Waals surface area contributed by atoms with Gasteiger partial charge in [0, 0.05) is 31.5 Å². The number of carbonyl (C=O) groups is 2. The maximum atomic E-state index is 12.8. The van der Waals surface area contributed by atoms with Crippen molar-refractivity contribution in [3.63, 3.8) is 0 Å². The fourth-order valence-corrected chi connectivity index (χ4v) is 4.25. The molecule has 1 amide bonds. The summed E-state index contributed by atoms with van der Waals surface area (Å²) in [6.07, 6.45) is 1.02. The van der Waals surface area contributed by atoms with E-state index in [-0.39, 0.29) is 34.5 Å². The lowest BCUT2D eigenvalue weighted by Gasteiger charge is -2.31. The number of benzene rings is 1. The second-order valence-corrected chi connectivity index (χ2v) is 7.76. The molecular formula is C23H25N3O7. The lowest BCUT2D eigenvalue weighted by molar-refractivity contribution is -0.116. The van der Waals surface area contributed by atoms with Crippen molar-refractivity contribution in [3.8, 4) is 23.3 Å². The molecule has 174 valence electrons. The quantitative estimate of drug-likeness (QED) is 0.726. The lowest BCUT2D eigenvalue weighted by Crippen LogP contribution is -2.42. The number of hydrogen-bond acceptors (Lipinski definition) is 9. The first-order chi connectivity index (χ1) is 16.0. The number of methoxy groups -OCH3 is 2. The van der Waals surface area contributed by atoms with Crippen LogP contribution in [0.3, 0.4) is 0 Å². The van der Waals surface area contributed by atoms with E-state index in [2.05, 4.69) is 6.07 Å². The third-order valence-electron chi connectivity index (χ3n) is 5.88. The van der Waals surface area contributed by atoms with Crippen LogP contribution in [0.4, 0.5) is 4.79 Å². The zero-order chi connectivity index (χ0) is 23.5. The Labute approximate surface area is 191 Å². The first-order valence-corrected chi connectivity index (χ1v) is 10.6. The normalized spacial score (nSPS) is 20.6. The Hall–Kier alpha value is -3.71. The minimum atomic E-state index is -0.738. The largest absolute Gasteiger partial charge is 0.493 e. The Morgan fingerprint density at radius 2 is 1.85 bits per heavy atom. The summed E-state index contributed by atoms with van der Waals surface area (Å²) < 4.78 is 27.5. The molecule has 1 fully saturated rings. The number of allylic oxidation sites excluding steroid dienone is 3. The molecule has 0 spiro atoms. The van der Waals surface area contributed by atoms with Gasteiger partial charge in [-0.2, -0.15) is 5.26 Å². The number of hydrogen-bond donors (Lipinski definition) is 1. The minimum Gasteiger partial charge on any atom is -0.493 e. The Bertz CT molecular complexity index is 1060. The Kier molecular flexibility index (Phi) is 6.42. The van der Waals surface area contributed by atoms with Gasteiger partial charge in [0.05, 0.1) is 33.4 Å². The number of nitrogens with zero attached hydrogens (tertiary/aromatic N) is 2. The van der Waals surface area contributed by atoms with Crippen molar-refractivity contribution in [3.05, 3.63) is 40.5 Å². The van der Waals surface area contributed by atoms with Gasteiger partial charge < -0.3 is 34.3 Å². The summed E-state index contributed by atoms with van der Waals surface area (Å²) in [5.41, 5.74) is 7.12. The fourth-order valence-electron chi connectivity index (χ4n) is 4.25. The molecule has 0 unspecified atom stereocenters. The zero-order valence-corrected chi connectivity index (χ0v) is 18.5. The Morgan fingerprint density at radius 3 is 2.45 bits per heavy atom. The van der Waals surface area contributed by atoms with Crippen molar-refractivity contribution in [2.24, 2.45) is 5.73 Å². The van der Waals surface area contributed by atoms with Gasteiger partial charge in [0.1, 0.15) is 17.4 Å². The molecule has 1 atom stereocenters. The van der Waals surface area contributed by atoms with Gasteiger partial charge in [0.15, 0.2) is 17.3 Å². The van der Waals surface area contributed by atoms with Gasteiger partial charge in [-0.1, -0.05) is 0 Å². The monoisotopic (exact) mass is 455 g/mol. The van der Waals surface area contributed by atoms with Crippen LogP contribution in [0, 0.1) is 11.3 Å². The van der Waals surface area contributed by atoms with Crippen LogP contribution in [0.1, 0.15) is 30.7 Å². The van der Waals surface area contributed by atoms with E-state index in [0.29, 0.717) is 62.5 Å². The molecule has 10 heteroatoms. The first kappa shape index (κ1) is 22.5. The number of nitriles is 1. The molecule has 1 aromatic carbocycles. The third-order valence-corrected chi connectivity index (χ3v) is 5.88. The van der Waals surface area contributed by atoms with E-state index in [1.807, 2.05) is 0 Å². The molecule has 2 heterocycles.